The number of sulfonamides is 1. The molecule has 3 amide bonds. The lowest BCUT2D eigenvalue weighted by Gasteiger charge is -2.13. The van der Waals surface area contributed by atoms with Gasteiger partial charge < -0.3 is 16.0 Å². The van der Waals surface area contributed by atoms with E-state index in [4.69, 9.17) is 0 Å². The van der Waals surface area contributed by atoms with Gasteiger partial charge in [-0.2, -0.15) is 0 Å². The number of benzene rings is 2. The number of rotatable bonds is 7. The van der Waals surface area contributed by atoms with E-state index in [1.165, 1.54) is 19.2 Å². The highest BCUT2D eigenvalue weighted by Gasteiger charge is 2.12. The Morgan fingerprint density at radius 3 is 2.24 bits per heavy atom. The van der Waals surface area contributed by atoms with Crippen LogP contribution in [-0.4, -0.2) is 33.9 Å². The van der Waals surface area contributed by atoms with Gasteiger partial charge in [-0.05, 0) is 56.6 Å². The van der Waals surface area contributed by atoms with E-state index in [9.17, 15) is 18.0 Å². The van der Waals surface area contributed by atoms with Gasteiger partial charge in [0.2, 0.25) is 15.9 Å². The molecule has 2 aromatic rings. The standard InChI is InChI=1S/C20H26N4O4S/c1-13-8-14(2)19(15(3)9-13)24-18(25)12-23-20(26)22-11-16-6-5-7-17(10-16)29(27,28)21-4/h5-10,21H,11-12H2,1-4H3,(H,24,25)(H2,22,23,26). The van der Waals surface area contributed by atoms with Crippen molar-refractivity contribution in [3.63, 3.8) is 0 Å². The summed E-state index contributed by atoms with van der Waals surface area (Å²) < 4.78 is 25.9. The van der Waals surface area contributed by atoms with Crippen molar-refractivity contribution in [2.75, 3.05) is 18.9 Å². The summed E-state index contributed by atoms with van der Waals surface area (Å²) in [7, 11) is -2.22. The van der Waals surface area contributed by atoms with E-state index in [2.05, 4.69) is 20.7 Å². The molecule has 0 aliphatic heterocycles. The molecule has 0 unspecified atom stereocenters. The Morgan fingerprint density at radius 1 is 0.966 bits per heavy atom. The van der Waals surface area contributed by atoms with E-state index >= 15 is 0 Å². The SMILES string of the molecule is CNS(=O)(=O)c1cccc(CNC(=O)NCC(=O)Nc2c(C)cc(C)cc2C)c1. The average molecular weight is 419 g/mol. The Bertz CT molecular complexity index is 996. The predicted octanol–water partition coefficient (Wildman–Crippen LogP) is 1.96. The molecule has 0 aliphatic rings. The van der Waals surface area contributed by atoms with Crippen LogP contribution in [0.25, 0.3) is 0 Å². The van der Waals surface area contributed by atoms with Crippen molar-refractivity contribution in [2.24, 2.45) is 0 Å². The van der Waals surface area contributed by atoms with Crippen LogP contribution in [0.3, 0.4) is 0 Å². The van der Waals surface area contributed by atoms with E-state index in [1.807, 2.05) is 32.9 Å². The highest BCUT2D eigenvalue weighted by atomic mass is 32.2. The van der Waals surface area contributed by atoms with Gasteiger partial charge in [-0.25, -0.2) is 17.9 Å². The van der Waals surface area contributed by atoms with Crippen LogP contribution in [-0.2, 0) is 21.4 Å². The van der Waals surface area contributed by atoms with Crippen LogP contribution in [0.2, 0.25) is 0 Å². The molecule has 0 saturated heterocycles. The highest BCUT2D eigenvalue weighted by molar-refractivity contribution is 7.89. The predicted molar refractivity (Wildman–Crippen MR) is 112 cm³/mol. The molecular weight excluding hydrogens is 392 g/mol. The van der Waals surface area contributed by atoms with Crippen molar-refractivity contribution >= 4 is 27.6 Å². The number of carbonyl (C=O) groups excluding carboxylic acids is 2. The van der Waals surface area contributed by atoms with Crippen molar-refractivity contribution in [3.05, 3.63) is 58.7 Å². The molecule has 29 heavy (non-hydrogen) atoms. The number of nitrogens with one attached hydrogen (secondary N) is 4. The van der Waals surface area contributed by atoms with E-state index in [0.717, 1.165) is 22.4 Å². The molecule has 0 radical (unpaired) electrons. The number of anilines is 1. The number of hydrogen-bond donors (Lipinski definition) is 4. The zero-order valence-electron chi connectivity index (χ0n) is 16.9. The van der Waals surface area contributed by atoms with Gasteiger partial charge in [-0.15, -0.1) is 0 Å². The largest absolute Gasteiger partial charge is 0.334 e. The maximum atomic E-state index is 12.1. The quantitative estimate of drug-likeness (QED) is 0.550. The Kier molecular flexibility index (Phi) is 7.35. The number of aryl methyl sites for hydroxylation is 3. The summed E-state index contributed by atoms with van der Waals surface area (Å²) in [6, 6.07) is 9.66. The summed E-state index contributed by atoms with van der Waals surface area (Å²) in [6.45, 7) is 5.75. The van der Waals surface area contributed by atoms with E-state index in [1.54, 1.807) is 12.1 Å². The molecule has 4 N–H and O–H groups in total. The van der Waals surface area contributed by atoms with Crippen molar-refractivity contribution in [1.29, 1.82) is 0 Å². The van der Waals surface area contributed by atoms with Crippen LogP contribution in [0.1, 0.15) is 22.3 Å². The number of carbonyl (C=O) groups is 2. The Balaban J connectivity index is 1.86. The lowest BCUT2D eigenvalue weighted by atomic mass is 10.1. The number of hydrogen-bond acceptors (Lipinski definition) is 4. The summed E-state index contributed by atoms with van der Waals surface area (Å²) in [4.78, 5) is 24.2. The number of amides is 3. The van der Waals surface area contributed by atoms with Crippen molar-refractivity contribution in [1.82, 2.24) is 15.4 Å². The van der Waals surface area contributed by atoms with Crippen LogP contribution in [0.15, 0.2) is 41.3 Å². The first-order chi connectivity index (χ1) is 13.6. The molecule has 2 rings (SSSR count). The molecule has 2 aromatic carbocycles. The van der Waals surface area contributed by atoms with Gasteiger partial charge in [-0.3, -0.25) is 4.79 Å². The first kappa shape index (κ1) is 22.4. The van der Waals surface area contributed by atoms with Gasteiger partial charge in [-0.1, -0.05) is 29.8 Å². The molecule has 0 atom stereocenters. The number of urea groups is 1. The van der Waals surface area contributed by atoms with Crippen LogP contribution < -0.4 is 20.7 Å². The zero-order chi connectivity index (χ0) is 21.6. The fourth-order valence-electron chi connectivity index (χ4n) is 2.91. The van der Waals surface area contributed by atoms with Crippen molar-refractivity contribution < 1.29 is 18.0 Å². The van der Waals surface area contributed by atoms with Crippen molar-refractivity contribution in [2.45, 2.75) is 32.2 Å². The van der Waals surface area contributed by atoms with Gasteiger partial charge in [0.15, 0.2) is 0 Å². The molecule has 0 spiro atoms. The third-order valence-electron chi connectivity index (χ3n) is 4.28. The average Bonchev–Trinajstić information content (AvgIpc) is 2.67. The zero-order valence-corrected chi connectivity index (χ0v) is 17.7. The van der Waals surface area contributed by atoms with Crippen LogP contribution in [0.5, 0.6) is 0 Å². The van der Waals surface area contributed by atoms with Crippen LogP contribution in [0, 0.1) is 20.8 Å². The van der Waals surface area contributed by atoms with Gasteiger partial charge >= 0.3 is 6.03 Å². The molecule has 0 saturated carbocycles. The molecule has 0 aliphatic carbocycles. The minimum absolute atomic E-state index is 0.114. The fourth-order valence-corrected chi connectivity index (χ4v) is 3.71. The molecule has 9 heteroatoms. The third kappa shape index (κ3) is 6.30. The molecular formula is C20H26N4O4S. The lowest BCUT2D eigenvalue weighted by Crippen LogP contribution is -2.39. The summed E-state index contributed by atoms with van der Waals surface area (Å²) in [5, 5.41) is 7.90. The molecule has 0 heterocycles. The molecule has 0 aromatic heterocycles. The van der Waals surface area contributed by atoms with Crippen LogP contribution >= 0.6 is 0 Å². The molecule has 0 fully saturated rings. The summed E-state index contributed by atoms with van der Waals surface area (Å²) in [5.41, 5.74) is 4.38. The molecule has 0 bridgehead atoms. The van der Waals surface area contributed by atoms with E-state index < -0.39 is 16.1 Å². The third-order valence-corrected chi connectivity index (χ3v) is 5.69. The van der Waals surface area contributed by atoms with E-state index in [0.29, 0.717) is 5.56 Å². The minimum Gasteiger partial charge on any atom is -0.334 e. The maximum absolute atomic E-state index is 12.1. The Labute approximate surface area is 171 Å². The Hall–Kier alpha value is -2.91. The fraction of sp³-hybridized carbons (Fsp3) is 0.300. The second-order valence-electron chi connectivity index (χ2n) is 6.71. The Morgan fingerprint density at radius 2 is 1.62 bits per heavy atom. The van der Waals surface area contributed by atoms with Gasteiger partial charge in [0, 0.05) is 12.2 Å². The second kappa shape index (κ2) is 9.53. The van der Waals surface area contributed by atoms with Crippen LogP contribution in [0.4, 0.5) is 10.5 Å². The highest BCUT2D eigenvalue weighted by Crippen LogP contribution is 2.21. The topological polar surface area (TPSA) is 116 Å². The smallest absolute Gasteiger partial charge is 0.315 e. The van der Waals surface area contributed by atoms with E-state index in [-0.39, 0.29) is 23.9 Å². The summed E-state index contributed by atoms with van der Waals surface area (Å²) in [5.74, 6) is -0.336. The van der Waals surface area contributed by atoms with Gasteiger partial charge in [0.1, 0.15) is 0 Å². The normalized spacial score (nSPS) is 11.0. The maximum Gasteiger partial charge on any atom is 0.315 e. The second-order valence-corrected chi connectivity index (χ2v) is 8.60. The lowest BCUT2D eigenvalue weighted by molar-refractivity contribution is -0.115. The van der Waals surface area contributed by atoms with Crippen molar-refractivity contribution in [3.8, 4) is 0 Å². The summed E-state index contributed by atoms with van der Waals surface area (Å²) >= 11 is 0. The minimum atomic E-state index is -3.55. The summed E-state index contributed by atoms with van der Waals surface area (Å²) in [6.07, 6.45) is 0. The molecule has 156 valence electrons. The molecule has 8 nitrogen and oxygen atoms in total. The monoisotopic (exact) mass is 418 g/mol. The first-order valence-corrected chi connectivity index (χ1v) is 10.5. The first-order valence-electron chi connectivity index (χ1n) is 9.04. The van der Waals surface area contributed by atoms with Gasteiger partial charge in [0.25, 0.3) is 0 Å². The van der Waals surface area contributed by atoms with Gasteiger partial charge in [0.05, 0.1) is 11.4 Å².